The molecule has 0 saturated heterocycles. The molecule has 142 valence electrons. The second-order valence-electron chi connectivity index (χ2n) is 6.13. The van der Waals surface area contributed by atoms with E-state index in [0.717, 1.165) is 22.6 Å². The summed E-state index contributed by atoms with van der Waals surface area (Å²) < 4.78 is 8.64. The first kappa shape index (κ1) is 18.6. The van der Waals surface area contributed by atoms with Crippen molar-refractivity contribution in [2.75, 3.05) is 7.11 Å². The Balaban J connectivity index is 1.69. The Hall–Kier alpha value is -2.77. The molecule has 0 spiro atoms. The minimum atomic E-state index is -0.246. The fourth-order valence-electron chi connectivity index (χ4n) is 2.98. The Bertz CT molecular complexity index is 1220. The molecule has 0 saturated carbocycles. The van der Waals surface area contributed by atoms with Crippen LogP contribution in [-0.2, 0) is 5.75 Å². The summed E-state index contributed by atoms with van der Waals surface area (Å²) in [4.78, 5) is 12.9. The Morgan fingerprint density at radius 2 is 1.93 bits per heavy atom. The van der Waals surface area contributed by atoms with Crippen LogP contribution in [-0.4, -0.2) is 26.3 Å². The fraction of sp³-hybridized carbons (Fsp3) is 0.150. The number of thioether (sulfide) groups is 1. The lowest BCUT2D eigenvalue weighted by molar-refractivity contribution is 0.411. The van der Waals surface area contributed by atoms with Gasteiger partial charge in [0, 0.05) is 28.7 Å². The molecule has 0 aliphatic carbocycles. The smallest absolute Gasteiger partial charge is 0.300 e. The van der Waals surface area contributed by atoms with E-state index in [0.29, 0.717) is 15.9 Å². The van der Waals surface area contributed by atoms with Crippen molar-refractivity contribution in [3.05, 3.63) is 81.4 Å². The molecule has 0 aliphatic rings. The second kappa shape index (κ2) is 7.69. The van der Waals surface area contributed by atoms with Crippen molar-refractivity contribution in [1.82, 2.24) is 19.2 Å². The first-order chi connectivity index (χ1) is 13.6. The van der Waals surface area contributed by atoms with E-state index < -0.39 is 0 Å². The van der Waals surface area contributed by atoms with Crippen molar-refractivity contribution in [2.24, 2.45) is 0 Å². The molecular formula is C20H17ClN4O2S. The van der Waals surface area contributed by atoms with E-state index in [2.05, 4.69) is 10.2 Å². The van der Waals surface area contributed by atoms with Gasteiger partial charge in [-0.25, -0.2) is 0 Å². The summed E-state index contributed by atoms with van der Waals surface area (Å²) in [6, 6.07) is 13.3. The Labute approximate surface area is 170 Å². The summed E-state index contributed by atoms with van der Waals surface area (Å²) in [7, 11) is 1.65. The lowest BCUT2D eigenvalue weighted by Gasteiger charge is -2.10. The van der Waals surface area contributed by atoms with Gasteiger partial charge in [0.05, 0.1) is 12.8 Å². The molecule has 8 heteroatoms. The molecule has 0 fully saturated rings. The molecular weight excluding hydrogens is 396 g/mol. The van der Waals surface area contributed by atoms with Crippen LogP contribution in [0.2, 0.25) is 5.02 Å². The molecule has 2 heterocycles. The first-order valence-electron chi connectivity index (χ1n) is 8.56. The maximum atomic E-state index is 12.9. The van der Waals surface area contributed by atoms with Crippen molar-refractivity contribution >= 4 is 29.0 Å². The van der Waals surface area contributed by atoms with Crippen LogP contribution in [0.4, 0.5) is 0 Å². The number of para-hydroxylation sites is 1. The molecule has 0 amide bonds. The average Bonchev–Trinajstić information content (AvgIpc) is 3.13. The highest BCUT2D eigenvalue weighted by molar-refractivity contribution is 7.98. The van der Waals surface area contributed by atoms with Crippen molar-refractivity contribution in [2.45, 2.75) is 17.8 Å². The van der Waals surface area contributed by atoms with Crippen LogP contribution in [0.25, 0.3) is 11.3 Å². The van der Waals surface area contributed by atoms with Crippen molar-refractivity contribution in [3.8, 4) is 11.4 Å². The Morgan fingerprint density at radius 1 is 1.11 bits per heavy atom. The molecule has 0 unspecified atom stereocenters. The molecule has 6 nitrogen and oxygen atoms in total. The topological polar surface area (TPSA) is 61.4 Å². The molecule has 0 aliphatic heterocycles. The molecule has 4 rings (SSSR count). The van der Waals surface area contributed by atoms with Gasteiger partial charge in [0.2, 0.25) is 5.65 Å². The summed E-state index contributed by atoms with van der Waals surface area (Å²) in [5.74, 6) is 1.48. The number of nitrogens with zero attached hydrogens (tertiary/aromatic N) is 4. The standard InChI is InChI=1S/C20H17ClN4O2S/c1-13-15(21)7-5-8-16(13)24-10-11-25-18(19(24)26)22-23-20(25)28-12-14-6-3-4-9-17(14)27-2/h3-11H,12H2,1-2H3. The van der Waals surface area contributed by atoms with Gasteiger partial charge in [-0.15, -0.1) is 10.2 Å². The summed E-state index contributed by atoms with van der Waals surface area (Å²) in [6.45, 7) is 1.88. The maximum Gasteiger partial charge on any atom is 0.300 e. The maximum absolute atomic E-state index is 12.9. The van der Waals surface area contributed by atoms with Gasteiger partial charge in [-0.1, -0.05) is 47.6 Å². The van der Waals surface area contributed by atoms with Crippen LogP contribution in [0.3, 0.4) is 0 Å². The predicted molar refractivity (Wildman–Crippen MR) is 111 cm³/mol. The highest BCUT2D eigenvalue weighted by atomic mass is 35.5. The van der Waals surface area contributed by atoms with Crippen LogP contribution in [0, 0.1) is 6.92 Å². The number of halogens is 1. The number of methoxy groups -OCH3 is 1. The van der Waals surface area contributed by atoms with Gasteiger partial charge in [0.25, 0.3) is 0 Å². The minimum absolute atomic E-state index is 0.246. The molecule has 4 aromatic rings. The van der Waals surface area contributed by atoms with Gasteiger partial charge in [0.1, 0.15) is 5.75 Å². The summed E-state index contributed by atoms with van der Waals surface area (Å²) in [5, 5.41) is 9.56. The van der Waals surface area contributed by atoms with Crippen LogP contribution in [0.15, 0.2) is 64.8 Å². The SMILES string of the molecule is COc1ccccc1CSc1nnc2c(=O)n(-c3cccc(Cl)c3C)ccn12. The second-order valence-corrected chi connectivity index (χ2v) is 7.48. The highest BCUT2D eigenvalue weighted by Crippen LogP contribution is 2.27. The van der Waals surface area contributed by atoms with Crippen LogP contribution in [0.5, 0.6) is 5.75 Å². The number of ether oxygens (including phenoxy) is 1. The summed E-state index contributed by atoms with van der Waals surface area (Å²) in [6.07, 6.45) is 3.51. The summed E-state index contributed by atoms with van der Waals surface area (Å²) >= 11 is 7.70. The van der Waals surface area contributed by atoms with E-state index in [1.54, 1.807) is 34.5 Å². The van der Waals surface area contributed by atoms with Crippen molar-refractivity contribution in [3.63, 3.8) is 0 Å². The zero-order valence-electron chi connectivity index (χ0n) is 15.3. The molecule has 2 aromatic heterocycles. The number of aromatic nitrogens is 4. The molecule has 0 N–H and O–H groups in total. The van der Waals surface area contributed by atoms with Crippen molar-refractivity contribution < 1.29 is 4.74 Å². The van der Waals surface area contributed by atoms with E-state index >= 15 is 0 Å². The first-order valence-corrected chi connectivity index (χ1v) is 9.93. The third-order valence-corrected chi connectivity index (χ3v) is 5.89. The number of fused-ring (bicyclic) bond motifs is 1. The van der Waals surface area contributed by atoms with E-state index in [-0.39, 0.29) is 11.2 Å². The monoisotopic (exact) mass is 412 g/mol. The molecule has 2 aromatic carbocycles. The van der Waals surface area contributed by atoms with Gasteiger partial charge in [-0.3, -0.25) is 13.8 Å². The molecule has 0 atom stereocenters. The molecule has 0 bridgehead atoms. The normalized spacial score (nSPS) is 11.1. The molecule has 0 radical (unpaired) electrons. The minimum Gasteiger partial charge on any atom is -0.496 e. The van der Waals surface area contributed by atoms with Gasteiger partial charge in [-0.2, -0.15) is 0 Å². The fourth-order valence-corrected chi connectivity index (χ4v) is 4.05. The van der Waals surface area contributed by atoms with Crippen LogP contribution in [0.1, 0.15) is 11.1 Å². The van der Waals surface area contributed by atoms with E-state index in [4.69, 9.17) is 16.3 Å². The van der Waals surface area contributed by atoms with E-state index in [1.165, 1.54) is 11.8 Å². The zero-order valence-corrected chi connectivity index (χ0v) is 16.9. The van der Waals surface area contributed by atoms with E-state index in [9.17, 15) is 4.79 Å². The third-order valence-electron chi connectivity index (χ3n) is 4.49. The largest absolute Gasteiger partial charge is 0.496 e. The molecule has 28 heavy (non-hydrogen) atoms. The predicted octanol–water partition coefficient (Wildman–Crippen LogP) is 4.14. The zero-order chi connectivity index (χ0) is 19.7. The number of rotatable bonds is 5. The van der Waals surface area contributed by atoms with Gasteiger partial charge in [-0.05, 0) is 30.7 Å². The number of benzene rings is 2. The lowest BCUT2D eigenvalue weighted by Crippen LogP contribution is -2.21. The van der Waals surface area contributed by atoms with E-state index in [1.807, 2.05) is 43.3 Å². The van der Waals surface area contributed by atoms with Crippen LogP contribution < -0.4 is 10.3 Å². The highest BCUT2D eigenvalue weighted by Gasteiger charge is 2.14. The number of hydrogen-bond donors (Lipinski definition) is 0. The third kappa shape index (κ3) is 3.27. The summed E-state index contributed by atoms with van der Waals surface area (Å²) in [5.41, 5.74) is 2.63. The van der Waals surface area contributed by atoms with Crippen molar-refractivity contribution in [1.29, 1.82) is 0 Å². The van der Waals surface area contributed by atoms with Gasteiger partial charge >= 0.3 is 5.56 Å². The lowest BCUT2D eigenvalue weighted by atomic mass is 10.2. The average molecular weight is 413 g/mol. The quantitative estimate of drug-likeness (QED) is 0.461. The Morgan fingerprint density at radius 3 is 2.75 bits per heavy atom. The Kier molecular flexibility index (Phi) is 5.11. The number of hydrogen-bond acceptors (Lipinski definition) is 5. The van der Waals surface area contributed by atoms with Gasteiger partial charge < -0.3 is 4.74 Å². The van der Waals surface area contributed by atoms with Gasteiger partial charge in [0.15, 0.2) is 5.16 Å². The van der Waals surface area contributed by atoms with Crippen LogP contribution >= 0.6 is 23.4 Å².